The molecule has 2 unspecified atom stereocenters. The molecular weight excluding hydrogens is 264 g/mol. The first kappa shape index (κ1) is 11.7. The van der Waals surface area contributed by atoms with E-state index in [0.717, 1.165) is 24.2 Å². The van der Waals surface area contributed by atoms with Crippen LogP contribution in [0.4, 0.5) is 0 Å². The van der Waals surface area contributed by atoms with Gasteiger partial charge in [-0.3, -0.25) is 4.21 Å². The maximum atomic E-state index is 12.0. The summed E-state index contributed by atoms with van der Waals surface area (Å²) in [5.41, 5.74) is 0.00567. The molecule has 3 aliphatic rings. The zero-order valence-corrected chi connectivity index (χ0v) is 11.3. The summed E-state index contributed by atoms with van der Waals surface area (Å²) >= 11 is 0. The van der Waals surface area contributed by atoms with Gasteiger partial charge in [0.2, 0.25) is 6.79 Å². The van der Waals surface area contributed by atoms with Gasteiger partial charge in [0.15, 0.2) is 11.5 Å². The van der Waals surface area contributed by atoms with Gasteiger partial charge in [-0.15, -0.1) is 0 Å². The maximum absolute atomic E-state index is 12.0. The van der Waals surface area contributed by atoms with E-state index in [2.05, 4.69) is 0 Å². The third kappa shape index (κ3) is 1.71. The number of rotatable bonds is 1. The van der Waals surface area contributed by atoms with Crippen molar-refractivity contribution >= 4 is 10.8 Å². The largest absolute Gasteiger partial charge is 0.454 e. The summed E-state index contributed by atoms with van der Waals surface area (Å²) in [7, 11) is -0.754. The highest BCUT2D eigenvalue weighted by atomic mass is 32.2. The Morgan fingerprint density at radius 2 is 1.84 bits per heavy atom. The Bertz CT molecular complexity index is 540. The van der Waals surface area contributed by atoms with E-state index in [1.54, 1.807) is 0 Å². The van der Waals surface area contributed by atoms with Gasteiger partial charge in [-0.05, 0) is 43.4 Å². The lowest BCUT2D eigenvalue weighted by atomic mass is 9.86. The normalized spacial score (nSPS) is 39.5. The van der Waals surface area contributed by atoms with Crippen molar-refractivity contribution in [2.45, 2.75) is 41.8 Å². The molecular formula is C14H16O4S. The van der Waals surface area contributed by atoms with Gasteiger partial charge >= 0.3 is 0 Å². The van der Waals surface area contributed by atoms with Gasteiger partial charge in [0, 0.05) is 21.3 Å². The second-order valence-electron chi connectivity index (χ2n) is 5.66. The van der Waals surface area contributed by atoms with E-state index in [1.807, 2.05) is 18.2 Å². The summed E-state index contributed by atoms with van der Waals surface area (Å²) in [6.45, 7) is 0.243. The highest BCUT2D eigenvalue weighted by Gasteiger charge is 2.48. The highest BCUT2D eigenvalue weighted by molar-refractivity contribution is 7.86. The molecule has 4 nitrogen and oxygen atoms in total. The third-order valence-electron chi connectivity index (χ3n) is 4.51. The second kappa shape index (κ2) is 3.96. The molecule has 0 amide bonds. The minimum absolute atomic E-state index is 0.147. The van der Waals surface area contributed by atoms with Crippen molar-refractivity contribution < 1.29 is 18.8 Å². The lowest BCUT2D eigenvalue weighted by Crippen LogP contribution is -2.40. The van der Waals surface area contributed by atoms with Gasteiger partial charge < -0.3 is 14.6 Å². The van der Waals surface area contributed by atoms with E-state index in [4.69, 9.17) is 9.47 Å². The van der Waals surface area contributed by atoms with Gasteiger partial charge in [0.1, 0.15) is 0 Å². The SMILES string of the molecule is O=S1C2CCC1CC(O)(c1ccc3c(c1)OCO3)C2. The molecule has 1 N–H and O–H groups in total. The Hall–Kier alpha value is -1.07. The molecule has 2 atom stereocenters. The van der Waals surface area contributed by atoms with Gasteiger partial charge in [-0.1, -0.05) is 6.07 Å². The summed E-state index contributed by atoms with van der Waals surface area (Å²) < 4.78 is 22.7. The fraction of sp³-hybridized carbons (Fsp3) is 0.571. The number of hydrogen-bond donors (Lipinski definition) is 1. The number of fused-ring (bicyclic) bond motifs is 3. The lowest BCUT2D eigenvalue weighted by molar-refractivity contribution is 0.0183. The molecule has 0 spiro atoms. The molecule has 3 heterocycles. The topological polar surface area (TPSA) is 55.8 Å². The molecule has 19 heavy (non-hydrogen) atoms. The number of aliphatic hydroxyl groups is 1. The van der Waals surface area contributed by atoms with Crippen molar-refractivity contribution in [3.05, 3.63) is 23.8 Å². The Kier molecular flexibility index (Phi) is 2.45. The van der Waals surface area contributed by atoms with Crippen LogP contribution < -0.4 is 9.47 Å². The van der Waals surface area contributed by atoms with Crippen molar-refractivity contribution in [3.8, 4) is 11.5 Å². The summed E-state index contributed by atoms with van der Waals surface area (Å²) in [5.74, 6) is 1.43. The molecule has 1 aromatic rings. The Balaban J connectivity index is 1.70. The Morgan fingerprint density at radius 1 is 1.16 bits per heavy atom. The van der Waals surface area contributed by atoms with Crippen LogP contribution in [0.25, 0.3) is 0 Å². The average Bonchev–Trinajstić information content (AvgIpc) is 2.94. The molecule has 0 saturated carbocycles. The lowest BCUT2D eigenvalue weighted by Gasteiger charge is -2.36. The van der Waals surface area contributed by atoms with E-state index >= 15 is 0 Å². The first-order valence-electron chi connectivity index (χ1n) is 6.68. The number of benzene rings is 1. The monoisotopic (exact) mass is 280 g/mol. The van der Waals surface area contributed by atoms with Crippen LogP contribution in [0.3, 0.4) is 0 Å². The van der Waals surface area contributed by atoms with Crippen LogP contribution in [-0.2, 0) is 16.4 Å². The molecule has 5 heteroatoms. The smallest absolute Gasteiger partial charge is 0.231 e. The van der Waals surface area contributed by atoms with Gasteiger partial charge in [0.05, 0.1) is 5.60 Å². The predicted molar refractivity (Wildman–Crippen MR) is 70.6 cm³/mol. The van der Waals surface area contributed by atoms with Crippen molar-refractivity contribution in [1.82, 2.24) is 0 Å². The summed E-state index contributed by atoms with van der Waals surface area (Å²) in [5, 5.41) is 11.2. The molecule has 3 aliphatic heterocycles. The molecule has 2 fully saturated rings. The third-order valence-corrected chi connectivity index (χ3v) is 6.63. The standard InChI is InChI=1S/C14H16O4S/c15-14(6-10-2-3-11(7-14)19(10)16)9-1-4-12-13(5-9)18-8-17-12/h1,4-5,10-11,15H,2-3,6-8H2. The van der Waals surface area contributed by atoms with E-state index in [0.29, 0.717) is 18.6 Å². The molecule has 1 aromatic carbocycles. The van der Waals surface area contributed by atoms with E-state index in [1.165, 1.54) is 0 Å². The first-order chi connectivity index (χ1) is 9.16. The summed E-state index contributed by atoms with van der Waals surface area (Å²) in [6.07, 6.45) is 3.14. The molecule has 0 aromatic heterocycles. The molecule has 2 saturated heterocycles. The van der Waals surface area contributed by atoms with E-state index < -0.39 is 16.4 Å². The zero-order chi connectivity index (χ0) is 13.0. The van der Waals surface area contributed by atoms with Gasteiger partial charge in [0.25, 0.3) is 0 Å². The maximum Gasteiger partial charge on any atom is 0.231 e. The molecule has 0 radical (unpaired) electrons. The first-order valence-corrected chi connectivity index (χ1v) is 7.95. The fourth-order valence-electron chi connectivity index (χ4n) is 3.50. The fourth-order valence-corrected chi connectivity index (χ4v) is 5.66. The van der Waals surface area contributed by atoms with E-state index in [-0.39, 0.29) is 17.3 Å². The van der Waals surface area contributed by atoms with Gasteiger partial charge in [-0.25, -0.2) is 0 Å². The molecule has 0 aliphatic carbocycles. The minimum atomic E-state index is -0.860. The molecule has 102 valence electrons. The second-order valence-corrected chi connectivity index (χ2v) is 7.65. The van der Waals surface area contributed by atoms with Crippen LogP contribution >= 0.6 is 0 Å². The summed E-state index contributed by atoms with van der Waals surface area (Å²) in [4.78, 5) is 0. The molecule has 4 rings (SSSR count). The van der Waals surface area contributed by atoms with Crippen LogP contribution in [0.1, 0.15) is 31.2 Å². The Labute approximate surface area is 114 Å². The van der Waals surface area contributed by atoms with Crippen LogP contribution in [0.5, 0.6) is 11.5 Å². The summed E-state index contributed by atoms with van der Waals surface area (Å²) in [6, 6.07) is 5.63. The van der Waals surface area contributed by atoms with Crippen molar-refractivity contribution in [1.29, 1.82) is 0 Å². The van der Waals surface area contributed by atoms with Crippen molar-refractivity contribution in [3.63, 3.8) is 0 Å². The van der Waals surface area contributed by atoms with Crippen LogP contribution in [0, 0.1) is 0 Å². The Morgan fingerprint density at radius 3 is 2.58 bits per heavy atom. The van der Waals surface area contributed by atoms with E-state index in [9.17, 15) is 9.32 Å². The quantitative estimate of drug-likeness (QED) is 0.850. The van der Waals surface area contributed by atoms with Crippen molar-refractivity contribution in [2.24, 2.45) is 0 Å². The van der Waals surface area contributed by atoms with Crippen LogP contribution in [-0.4, -0.2) is 26.6 Å². The van der Waals surface area contributed by atoms with Crippen LogP contribution in [0.15, 0.2) is 18.2 Å². The number of ether oxygens (including phenoxy) is 2. The zero-order valence-electron chi connectivity index (χ0n) is 10.5. The highest BCUT2D eigenvalue weighted by Crippen LogP contribution is 2.47. The average molecular weight is 280 g/mol. The van der Waals surface area contributed by atoms with Crippen LogP contribution in [0.2, 0.25) is 0 Å². The minimum Gasteiger partial charge on any atom is -0.454 e. The van der Waals surface area contributed by atoms with Gasteiger partial charge in [-0.2, -0.15) is 0 Å². The predicted octanol–water partition coefficient (Wildman–Crippen LogP) is 1.68. The number of hydrogen-bond acceptors (Lipinski definition) is 4. The molecule has 2 bridgehead atoms. The van der Waals surface area contributed by atoms with Crippen molar-refractivity contribution in [2.75, 3.05) is 6.79 Å².